The lowest BCUT2D eigenvalue weighted by atomic mass is 10.2. The van der Waals surface area contributed by atoms with Crippen molar-refractivity contribution in [3.05, 3.63) is 35.9 Å². The van der Waals surface area contributed by atoms with Crippen LogP contribution in [0.15, 0.2) is 35.2 Å². The molecule has 1 aromatic carbocycles. The molecular formula is C15H23N3O3S. The Morgan fingerprint density at radius 3 is 2.14 bits per heavy atom. The maximum Gasteiger partial charge on any atom is 0.258 e. The number of carbonyl (C=O) groups is 1. The highest BCUT2D eigenvalue weighted by molar-refractivity contribution is 7.89. The molecule has 0 radical (unpaired) electrons. The molecule has 0 bridgehead atoms. The van der Waals surface area contributed by atoms with Gasteiger partial charge >= 0.3 is 0 Å². The van der Waals surface area contributed by atoms with Crippen molar-refractivity contribution in [1.82, 2.24) is 14.7 Å². The number of nitrogens with one attached hydrogen (secondary N) is 1. The van der Waals surface area contributed by atoms with Gasteiger partial charge in [0.15, 0.2) is 0 Å². The van der Waals surface area contributed by atoms with E-state index in [1.54, 1.807) is 49.4 Å². The minimum Gasteiger partial charge on any atom is -0.286 e. The largest absolute Gasteiger partial charge is 0.286 e. The topological polar surface area (TPSA) is 69.7 Å². The number of amides is 1. The Bertz CT molecular complexity index is 618. The van der Waals surface area contributed by atoms with E-state index in [1.807, 2.05) is 13.8 Å². The molecule has 0 aliphatic rings. The fourth-order valence-corrected chi connectivity index (χ4v) is 3.35. The van der Waals surface area contributed by atoms with Crippen molar-refractivity contribution >= 4 is 22.0 Å². The van der Waals surface area contributed by atoms with Crippen molar-refractivity contribution in [2.75, 3.05) is 27.2 Å². The molecule has 0 unspecified atom stereocenters. The summed E-state index contributed by atoms with van der Waals surface area (Å²) in [6, 6.07) is 6.46. The second kappa shape index (κ2) is 8.07. The second-order valence-electron chi connectivity index (χ2n) is 4.86. The number of benzene rings is 1. The lowest BCUT2D eigenvalue weighted by Crippen LogP contribution is -2.34. The SMILES string of the molecule is CCN(CC)S(=O)(=O)c1ccc(/C=C/C(=O)NN(C)C)cc1. The molecule has 0 atom stereocenters. The van der Waals surface area contributed by atoms with E-state index in [2.05, 4.69) is 5.43 Å². The van der Waals surface area contributed by atoms with Crippen LogP contribution in [-0.2, 0) is 14.8 Å². The van der Waals surface area contributed by atoms with Gasteiger partial charge in [0.2, 0.25) is 10.0 Å². The first-order valence-electron chi connectivity index (χ1n) is 7.07. The normalized spacial score (nSPS) is 12.3. The van der Waals surface area contributed by atoms with Crippen molar-refractivity contribution in [2.24, 2.45) is 0 Å². The van der Waals surface area contributed by atoms with Crippen LogP contribution in [0.2, 0.25) is 0 Å². The molecule has 0 spiro atoms. The first kappa shape index (κ1) is 18.3. The first-order valence-corrected chi connectivity index (χ1v) is 8.51. The smallest absolute Gasteiger partial charge is 0.258 e. The highest BCUT2D eigenvalue weighted by Gasteiger charge is 2.20. The molecule has 1 amide bonds. The zero-order chi connectivity index (χ0) is 16.8. The second-order valence-corrected chi connectivity index (χ2v) is 6.80. The van der Waals surface area contributed by atoms with E-state index in [-0.39, 0.29) is 10.8 Å². The van der Waals surface area contributed by atoms with Crippen molar-refractivity contribution in [2.45, 2.75) is 18.7 Å². The van der Waals surface area contributed by atoms with E-state index in [0.29, 0.717) is 13.1 Å². The van der Waals surface area contributed by atoms with Gasteiger partial charge in [0.1, 0.15) is 0 Å². The van der Waals surface area contributed by atoms with Crippen LogP contribution in [-0.4, -0.2) is 50.8 Å². The van der Waals surface area contributed by atoms with Crippen molar-refractivity contribution < 1.29 is 13.2 Å². The summed E-state index contributed by atoms with van der Waals surface area (Å²) in [7, 11) is -0.000168. The zero-order valence-electron chi connectivity index (χ0n) is 13.4. The molecule has 0 saturated carbocycles. The highest BCUT2D eigenvalue weighted by atomic mass is 32.2. The number of nitrogens with zero attached hydrogens (tertiary/aromatic N) is 2. The standard InChI is InChI=1S/C15H23N3O3S/c1-5-18(6-2)22(20,21)14-10-7-13(8-11-14)9-12-15(19)16-17(3)4/h7-12H,5-6H2,1-4H3,(H,16,19)/b12-9+. The van der Waals surface area contributed by atoms with E-state index in [4.69, 9.17) is 0 Å². The summed E-state index contributed by atoms with van der Waals surface area (Å²) in [6.45, 7) is 4.49. The van der Waals surface area contributed by atoms with Gasteiger partial charge in [-0.1, -0.05) is 26.0 Å². The molecule has 1 aromatic rings. The lowest BCUT2D eigenvalue weighted by Gasteiger charge is -2.18. The summed E-state index contributed by atoms with van der Waals surface area (Å²) in [5, 5.41) is 1.55. The van der Waals surface area contributed by atoms with Crippen molar-refractivity contribution in [1.29, 1.82) is 0 Å². The minimum absolute atomic E-state index is 0.246. The Balaban J connectivity index is 2.87. The van der Waals surface area contributed by atoms with Crippen LogP contribution in [0, 0.1) is 0 Å². The molecule has 1 N–H and O–H groups in total. The molecule has 0 saturated heterocycles. The predicted molar refractivity (Wildman–Crippen MR) is 87.4 cm³/mol. The van der Waals surface area contributed by atoms with Gasteiger partial charge in [0.05, 0.1) is 4.90 Å². The number of hydrogen-bond donors (Lipinski definition) is 1. The molecule has 1 rings (SSSR count). The highest BCUT2D eigenvalue weighted by Crippen LogP contribution is 2.16. The predicted octanol–water partition coefficient (Wildman–Crippen LogP) is 1.32. The van der Waals surface area contributed by atoms with Gasteiger partial charge in [-0.25, -0.2) is 13.4 Å². The zero-order valence-corrected chi connectivity index (χ0v) is 14.2. The first-order chi connectivity index (χ1) is 10.3. The van der Waals surface area contributed by atoms with E-state index in [1.165, 1.54) is 10.4 Å². The number of sulfonamides is 1. The van der Waals surface area contributed by atoms with E-state index < -0.39 is 10.0 Å². The molecule has 0 aliphatic carbocycles. The van der Waals surface area contributed by atoms with Gasteiger partial charge in [0.25, 0.3) is 5.91 Å². The number of rotatable bonds is 7. The summed E-state index contributed by atoms with van der Waals surface area (Å²) < 4.78 is 26.1. The summed E-state index contributed by atoms with van der Waals surface area (Å²) in [5.74, 6) is -0.246. The molecule has 6 nitrogen and oxygen atoms in total. The van der Waals surface area contributed by atoms with Crippen LogP contribution in [0.1, 0.15) is 19.4 Å². The monoisotopic (exact) mass is 325 g/mol. The summed E-state index contributed by atoms with van der Waals surface area (Å²) in [5.41, 5.74) is 3.34. The van der Waals surface area contributed by atoms with Crippen LogP contribution in [0.5, 0.6) is 0 Å². The van der Waals surface area contributed by atoms with Gasteiger partial charge in [-0.15, -0.1) is 0 Å². The molecule has 122 valence electrons. The van der Waals surface area contributed by atoms with Crippen LogP contribution >= 0.6 is 0 Å². The molecule has 0 fully saturated rings. The Morgan fingerprint density at radius 2 is 1.68 bits per heavy atom. The Hall–Kier alpha value is -1.70. The third-order valence-electron chi connectivity index (χ3n) is 2.98. The van der Waals surface area contributed by atoms with Gasteiger partial charge in [-0.05, 0) is 23.8 Å². The van der Waals surface area contributed by atoms with Gasteiger partial charge in [-0.2, -0.15) is 4.31 Å². The Kier molecular flexibility index (Phi) is 6.73. The summed E-state index contributed by atoms with van der Waals surface area (Å²) >= 11 is 0. The lowest BCUT2D eigenvalue weighted by molar-refractivity contribution is -0.119. The Labute approximate surface area is 132 Å². The molecule has 0 aliphatic heterocycles. The third kappa shape index (κ3) is 4.94. The number of hydrogen-bond acceptors (Lipinski definition) is 4. The van der Waals surface area contributed by atoms with Crippen LogP contribution < -0.4 is 5.43 Å². The van der Waals surface area contributed by atoms with Crippen LogP contribution in [0.25, 0.3) is 6.08 Å². The molecule has 7 heteroatoms. The quantitative estimate of drug-likeness (QED) is 0.606. The average Bonchev–Trinajstić information content (AvgIpc) is 2.46. The average molecular weight is 325 g/mol. The van der Waals surface area contributed by atoms with Crippen LogP contribution in [0.3, 0.4) is 0 Å². The summed E-state index contributed by atoms with van der Waals surface area (Å²) in [4.78, 5) is 11.7. The summed E-state index contributed by atoms with van der Waals surface area (Å²) in [6.07, 6.45) is 3.03. The van der Waals surface area contributed by atoms with Gasteiger partial charge in [-0.3, -0.25) is 10.2 Å². The third-order valence-corrected chi connectivity index (χ3v) is 5.05. The van der Waals surface area contributed by atoms with E-state index >= 15 is 0 Å². The fourth-order valence-electron chi connectivity index (χ4n) is 1.89. The van der Waals surface area contributed by atoms with Crippen molar-refractivity contribution in [3.63, 3.8) is 0 Å². The molecule has 0 heterocycles. The number of carbonyl (C=O) groups excluding carboxylic acids is 1. The fraction of sp³-hybridized carbons (Fsp3) is 0.400. The maximum absolute atomic E-state index is 12.3. The Morgan fingerprint density at radius 1 is 1.14 bits per heavy atom. The molecule has 22 heavy (non-hydrogen) atoms. The van der Waals surface area contributed by atoms with E-state index in [9.17, 15) is 13.2 Å². The minimum atomic E-state index is -3.44. The van der Waals surface area contributed by atoms with Crippen LogP contribution in [0.4, 0.5) is 0 Å². The van der Waals surface area contributed by atoms with Gasteiger partial charge in [0, 0.05) is 33.3 Å². The van der Waals surface area contributed by atoms with Crippen molar-refractivity contribution in [3.8, 4) is 0 Å². The maximum atomic E-state index is 12.3. The molecular weight excluding hydrogens is 302 g/mol. The van der Waals surface area contributed by atoms with Gasteiger partial charge < -0.3 is 0 Å². The number of hydrazine groups is 1. The molecule has 0 aromatic heterocycles. The van der Waals surface area contributed by atoms with E-state index in [0.717, 1.165) is 5.56 Å².